The van der Waals surface area contributed by atoms with E-state index < -0.39 is 0 Å². The Morgan fingerprint density at radius 1 is 1.50 bits per heavy atom. The van der Waals surface area contributed by atoms with Crippen LogP contribution in [0.2, 0.25) is 0 Å². The Morgan fingerprint density at radius 3 is 3.06 bits per heavy atom. The van der Waals surface area contributed by atoms with Gasteiger partial charge in [0.05, 0.1) is 6.54 Å². The predicted octanol–water partition coefficient (Wildman–Crippen LogP) is -0.522. The number of rotatable bonds is 3. The molecule has 8 heteroatoms. The quantitative estimate of drug-likeness (QED) is 0.751. The lowest BCUT2D eigenvalue weighted by Gasteiger charge is -2.03. The minimum atomic E-state index is -0.325. The summed E-state index contributed by atoms with van der Waals surface area (Å²) in [5, 5.41) is 9.99. The molecule has 0 saturated carbocycles. The SMILES string of the molecule is CNc1snnc1Cn1[nH]c(=O)ccc1=O. The van der Waals surface area contributed by atoms with E-state index in [1.165, 1.54) is 28.3 Å². The largest absolute Gasteiger partial charge is 0.377 e. The van der Waals surface area contributed by atoms with Gasteiger partial charge in [0.25, 0.3) is 11.1 Å². The van der Waals surface area contributed by atoms with Gasteiger partial charge < -0.3 is 5.32 Å². The normalized spacial score (nSPS) is 10.3. The van der Waals surface area contributed by atoms with Gasteiger partial charge in [-0.25, -0.2) is 4.68 Å². The summed E-state index contributed by atoms with van der Waals surface area (Å²) in [5.41, 5.74) is 0.0138. The molecule has 0 aliphatic carbocycles. The Hall–Kier alpha value is -1.96. The van der Waals surface area contributed by atoms with Crippen molar-refractivity contribution in [3.63, 3.8) is 0 Å². The highest BCUT2D eigenvalue weighted by Crippen LogP contribution is 2.16. The fourth-order valence-corrected chi connectivity index (χ4v) is 1.75. The lowest BCUT2D eigenvalue weighted by atomic mass is 10.4. The molecular weight excluding hydrogens is 230 g/mol. The molecule has 0 saturated heterocycles. The summed E-state index contributed by atoms with van der Waals surface area (Å²) >= 11 is 1.20. The number of hydrogen-bond donors (Lipinski definition) is 2. The van der Waals surface area contributed by atoms with E-state index in [4.69, 9.17) is 0 Å². The van der Waals surface area contributed by atoms with Crippen LogP contribution in [0.5, 0.6) is 0 Å². The van der Waals surface area contributed by atoms with E-state index in [-0.39, 0.29) is 17.7 Å². The van der Waals surface area contributed by atoms with Crippen LogP contribution in [0.3, 0.4) is 0 Å². The molecule has 0 fully saturated rings. The number of aromatic amines is 1. The maximum atomic E-state index is 11.4. The molecule has 0 amide bonds. The molecule has 0 atom stereocenters. The van der Waals surface area contributed by atoms with Crippen molar-refractivity contribution in [2.45, 2.75) is 6.54 Å². The number of aromatic nitrogens is 4. The number of nitrogens with zero attached hydrogens (tertiary/aromatic N) is 3. The Bertz CT molecular complexity index is 599. The first-order valence-corrected chi connectivity index (χ1v) is 5.27. The Labute approximate surface area is 93.9 Å². The van der Waals surface area contributed by atoms with E-state index in [9.17, 15) is 9.59 Å². The highest BCUT2D eigenvalue weighted by molar-refractivity contribution is 7.10. The molecule has 0 unspecified atom stereocenters. The summed E-state index contributed by atoms with van der Waals surface area (Å²) in [7, 11) is 1.75. The molecule has 2 aromatic rings. The zero-order valence-corrected chi connectivity index (χ0v) is 9.24. The molecule has 2 heterocycles. The number of anilines is 1. The van der Waals surface area contributed by atoms with E-state index in [2.05, 4.69) is 20.0 Å². The second kappa shape index (κ2) is 4.27. The highest BCUT2D eigenvalue weighted by Gasteiger charge is 2.07. The van der Waals surface area contributed by atoms with Crippen molar-refractivity contribution in [2.24, 2.45) is 0 Å². The van der Waals surface area contributed by atoms with Crippen molar-refractivity contribution < 1.29 is 0 Å². The third-order valence-corrected chi connectivity index (χ3v) is 2.76. The Kier molecular flexibility index (Phi) is 2.82. The fourth-order valence-electron chi connectivity index (χ4n) is 1.23. The van der Waals surface area contributed by atoms with E-state index in [1.54, 1.807) is 7.05 Å². The molecule has 0 radical (unpaired) electrons. The summed E-state index contributed by atoms with van der Waals surface area (Å²) in [6.07, 6.45) is 0. The molecule has 0 aliphatic rings. The van der Waals surface area contributed by atoms with Gasteiger partial charge in [0.1, 0.15) is 10.7 Å². The molecule has 84 valence electrons. The molecular formula is C8H9N5O2S. The van der Waals surface area contributed by atoms with Crippen LogP contribution in [0, 0.1) is 0 Å². The van der Waals surface area contributed by atoms with Crippen LogP contribution in [0.1, 0.15) is 5.69 Å². The van der Waals surface area contributed by atoms with Gasteiger partial charge in [-0.2, -0.15) is 0 Å². The van der Waals surface area contributed by atoms with Crippen molar-refractivity contribution in [2.75, 3.05) is 12.4 Å². The fraction of sp³-hybridized carbons (Fsp3) is 0.250. The lowest BCUT2D eigenvalue weighted by Crippen LogP contribution is -2.28. The second-order valence-corrected chi connectivity index (χ2v) is 3.79. The van der Waals surface area contributed by atoms with Crippen molar-refractivity contribution in [1.29, 1.82) is 0 Å². The average molecular weight is 239 g/mol. The first kappa shape index (κ1) is 10.6. The third kappa shape index (κ3) is 2.01. The second-order valence-electron chi connectivity index (χ2n) is 3.03. The Balaban J connectivity index is 2.37. The monoisotopic (exact) mass is 239 g/mol. The summed E-state index contributed by atoms with van der Waals surface area (Å²) < 4.78 is 4.96. The molecule has 0 spiro atoms. The maximum Gasteiger partial charge on any atom is 0.265 e. The van der Waals surface area contributed by atoms with Gasteiger partial charge in [-0.1, -0.05) is 4.49 Å². The van der Waals surface area contributed by atoms with Crippen LogP contribution in [-0.4, -0.2) is 26.4 Å². The molecule has 7 nitrogen and oxygen atoms in total. The third-order valence-electron chi connectivity index (χ3n) is 1.98. The minimum Gasteiger partial charge on any atom is -0.377 e. The zero-order chi connectivity index (χ0) is 11.5. The predicted molar refractivity (Wildman–Crippen MR) is 59.9 cm³/mol. The first-order chi connectivity index (χ1) is 7.70. The van der Waals surface area contributed by atoms with Crippen molar-refractivity contribution in [1.82, 2.24) is 19.4 Å². The van der Waals surface area contributed by atoms with Gasteiger partial charge >= 0.3 is 0 Å². The van der Waals surface area contributed by atoms with Crippen molar-refractivity contribution in [3.8, 4) is 0 Å². The molecule has 0 aromatic carbocycles. The van der Waals surface area contributed by atoms with Crippen LogP contribution in [0.15, 0.2) is 21.7 Å². The summed E-state index contributed by atoms with van der Waals surface area (Å²) in [5.74, 6) is 0. The van der Waals surface area contributed by atoms with E-state index in [0.717, 1.165) is 5.00 Å². The summed E-state index contributed by atoms with van der Waals surface area (Å²) in [6, 6.07) is 2.41. The van der Waals surface area contributed by atoms with Gasteiger partial charge in [-0.15, -0.1) is 5.10 Å². The molecule has 0 aliphatic heterocycles. The maximum absolute atomic E-state index is 11.4. The van der Waals surface area contributed by atoms with E-state index in [1.807, 2.05) is 0 Å². The molecule has 0 bridgehead atoms. The highest BCUT2D eigenvalue weighted by atomic mass is 32.1. The van der Waals surface area contributed by atoms with Crippen LogP contribution < -0.4 is 16.4 Å². The van der Waals surface area contributed by atoms with Gasteiger partial charge in [0.2, 0.25) is 0 Å². The van der Waals surface area contributed by atoms with Crippen LogP contribution in [0.25, 0.3) is 0 Å². The smallest absolute Gasteiger partial charge is 0.265 e. The van der Waals surface area contributed by atoms with E-state index >= 15 is 0 Å². The topological polar surface area (TPSA) is 92.7 Å². The average Bonchev–Trinajstić information content (AvgIpc) is 2.71. The zero-order valence-electron chi connectivity index (χ0n) is 8.43. The van der Waals surface area contributed by atoms with Crippen molar-refractivity contribution in [3.05, 3.63) is 38.5 Å². The first-order valence-electron chi connectivity index (χ1n) is 4.50. The van der Waals surface area contributed by atoms with Crippen LogP contribution >= 0.6 is 11.5 Å². The van der Waals surface area contributed by atoms with Gasteiger partial charge in [0.15, 0.2) is 0 Å². The van der Waals surface area contributed by atoms with Gasteiger partial charge in [0, 0.05) is 30.7 Å². The Morgan fingerprint density at radius 2 is 2.31 bits per heavy atom. The number of hydrogen-bond acceptors (Lipinski definition) is 6. The lowest BCUT2D eigenvalue weighted by molar-refractivity contribution is 0.616. The van der Waals surface area contributed by atoms with Gasteiger partial charge in [-0.3, -0.25) is 14.7 Å². The van der Waals surface area contributed by atoms with Crippen LogP contribution in [0.4, 0.5) is 5.00 Å². The van der Waals surface area contributed by atoms with Crippen molar-refractivity contribution >= 4 is 16.5 Å². The molecule has 2 aromatic heterocycles. The summed E-state index contributed by atoms with van der Waals surface area (Å²) in [6.45, 7) is 0.196. The standard InChI is InChI=1S/C8H9N5O2S/c1-9-8-5(10-12-16-8)4-13-7(15)3-2-6(14)11-13/h2-3,9H,4H2,1H3,(H,11,14). The molecule has 2 N–H and O–H groups in total. The van der Waals surface area contributed by atoms with Crippen LogP contribution in [-0.2, 0) is 6.54 Å². The van der Waals surface area contributed by atoms with E-state index in [0.29, 0.717) is 5.69 Å². The number of nitrogens with one attached hydrogen (secondary N) is 2. The summed E-state index contributed by atoms with van der Waals surface area (Å²) in [4.78, 5) is 22.5. The number of H-pyrrole nitrogens is 1. The van der Waals surface area contributed by atoms with Gasteiger partial charge in [-0.05, 0) is 0 Å². The molecule has 2 rings (SSSR count). The minimum absolute atomic E-state index is 0.196. The molecule has 16 heavy (non-hydrogen) atoms.